The highest BCUT2D eigenvalue weighted by Gasteiger charge is 2.42. The quantitative estimate of drug-likeness (QED) is 0.488. The van der Waals surface area contributed by atoms with E-state index in [2.05, 4.69) is 13.5 Å². The van der Waals surface area contributed by atoms with Crippen molar-refractivity contribution in [1.82, 2.24) is 4.90 Å². The molecule has 1 atom stereocenters. The summed E-state index contributed by atoms with van der Waals surface area (Å²) in [6.07, 6.45) is 3.48. The molecular formula is C26H27NO4. The first kappa shape index (κ1) is 20.9. The fraction of sp³-hybridized carbons (Fsp3) is 0.308. The summed E-state index contributed by atoms with van der Waals surface area (Å²) >= 11 is 0. The summed E-state index contributed by atoms with van der Waals surface area (Å²) < 4.78 is 11.7. The minimum atomic E-state index is -0.469. The van der Waals surface area contributed by atoms with E-state index >= 15 is 0 Å². The van der Waals surface area contributed by atoms with Crippen LogP contribution in [0, 0.1) is 13.8 Å². The Bertz CT molecular complexity index is 1210. The molecule has 0 fully saturated rings. The molecule has 0 spiro atoms. The first-order valence-electron chi connectivity index (χ1n) is 10.7. The summed E-state index contributed by atoms with van der Waals surface area (Å²) in [7, 11) is 0. The standard InChI is InChI=1S/C26H27NO4/c1-5-7-12-27-22(18-8-10-19(11-9-18)30-13-6-2)21-23(28)20-15-16(3)14-17(4)24(20)31-25(21)26(27)29/h6,8-11,14-15,22H,2,5,7,12-13H2,1,3-4H3. The monoisotopic (exact) mass is 417 g/mol. The molecule has 4 rings (SSSR count). The molecule has 2 heterocycles. The number of carbonyl (C=O) groups excluding carboxylic acids is 1. The molecule has 160 valence electrons. The number of hydrogen-bond donors (Lipinski definition) is 0. The van der Waals surface area contributed by atoms with Gasteiger partial charge in [-0.15, -0.1) is 0 Å². The maximum atomic E-state index is 13.6. The van der Waals surface area contributed by atoms with E-state index in [0.29, 0.717) is 35.4 Å². The Kier molecular flexibility index (Phi) is 5.68. The third-order valence-electron chi connectivity index (χ3n) is 5.71. The zero-order chi connectivity index (χ0) is 22.1. The maximum Gasteiger partial charge on any atom is 0.290 e. The van der Waals surface area contributed by atoms with Gasteiger partial charge in [-0.05, 0) is 55.2 Å². The third kappa shape index (κ3) is 3.65. The van der Waals surface area contributed by atoms with Crippen LogP contribution in [0.4, 0.5) is 0 Å². The normalized spacial score (nSPS) is 15.4. The van der Waals surface area contributed by atoms with E-state index in [4.69, 9.17) is 9.15 Å². The van der Waals surface area contributed by atoms with E-state index in [-0.39, 0.29) is 17.1 Å². The van der Waals surface area contributed by atoms with Crippen LogP contribution in [0.1, 0.15) is 58.6 Å². The van der Waals surface area contributed by atoms with Crippen molar-refractivity contribution >= 4 is 16.9 Å². The largest absolute Gasteiger partial charge is 0.490 e. The van der Waals surface area contributed by atoms with Crippen LogP contribution >= 0.6 is 0 Å². The molecule has 1 aliphatic rings. The molecule has 1 amide bonds. The Balaban J connectivity index is 1.89. The molecule has 0 radical (unpaired) electrons. The molecule has 0 bridgehead atoms. The smallest absolute Gasteiger partial charge is 0.290 e. The molecule has 1 aromatic heterocycles. The van der Waals surface area contributed by atoms with E-state index in [9.17, 15) is 9.59 Å². The van der Waals surface area contributed by atoms with Crippen molar-refractivity contribution in [2.75, 3.05) is 13.2 Å². The Labute approximate surface area is 181 Å². The second kappa shape index (κ2) is 8.42. The predicted octanol–water partition coefficient (Wildman–Crippen LogP) is 5.32. The summed E-state index contributed by atoms with van der Waals surface area (Å²) in [6, 6.07) is 10.9. The van der Waals surface area contributed by atoms with Crippen LogP contribution in [0.2, 0.25) is 0 Å². The number of ether oxygens (including phenoxy) is 1. The van der Waals surface area contributed by atoms with Crippen LogP contribution in [-0.2, 0) is 0 Å². The zero-order valence-corrected chi connectivity index (χ0v) is 18.2. The fourth-order valence-corrected chi connectivity index (χ4v) is 4.28. The summed E-state index contributed by atoms with van der Waals surface area (Å²) in [4.78, 5) is 28.7. The third-order valence-corrected chi connectivity index (χ3v) is 5.71. The van der Waals surface area contributed by atoms with E-state index in [1.807, 2.05) is 50.2 Å². The summed E-state index contributed by atoms with van der Waals surface area (Å²) in [5.74, 6) is 0.655. The molecule has 31 heavy (non-hydrogen) atoms. The summed E-state index contributed by atoms with van der Waals surface area (Å²) in [5.41, 5.74) is 3.50. The zero-order valence-electron chi connectivity index (χ0n) is 18.2. The molecular weight excluding hydrogens is 390 g/mol. The Morgan fingerprint density at radius 1 is 1.16 bits per heavy atom. The van der Waals surface area contributed by atoms with Gasteiger partial charge in [-0.1, -0.05) is 44.2 Å². The molecule has 0 saturated carbocycles. The number of unbranched alkanes of at least 4 members (excludes halogenated alkanes) is 1. The van der Waals surface area contributed by atoms with Gasteiger partial charge in [0.15, 0.2) is 5.43 Å². The lowest BCUT2D eigenvalue weighted by Crippen LogP contribution is -2.30. The number of carbonyl (C=O) groups is 1. The minimum Gasteiger partial charge on any atom is -0.490 e. The average molecular weight is 418 g/mol. The van der Waals surface area contributed by atoms with Gasteiger partial charge in [-0.2, -0.15) is 0 Å². The van der Waals surface area contributed by atoms with Crippen LogP contribution in [0.15, 0.2) is 58.3 Å². The van der Waals surface area contributed by atoms with Crippen LogP contribution < -0.4 is 10.2 Å². The van der Waals surface area contributed by atoms with Crippen molar-refractivity contribution in [2.45, 2.75) is 39.7 Å². The molecule has 2 aromatic carbocycles. The van der Waals surface area contributed by atoms with Crippen molar-refractivity contribution in [2.24, 2.45) is 0 Å². The van der Waals surface area contributed by atoms with E-state index in [1.165, 1.54) is 0 Å². The first-order chi connectivity index (χ1) is 15.0. The summed E-state index contributed by atoms with van der Waals surface area (Å²) in [6.45, 7) is 10.6. The molecule has 5 nitrogen and oxygen atoms in total. The topological polar surface area (TPSA) is 59.8 Å². The molecule has 3 aromatic rings. The molecule has 0 N–H and O–H groups in total. The summed E-state index contributed by atoms with van der Waals surface area (Å²) in [5, 5.41) is 0.525. The fourth-order valence-electron chi connectivity index (χ4n) is 4.28. The van der Waals surface area contributed by atoms with Gasteiger partial charge in [-0.3, -0.25) is 9.59 Å². The van der Waals surface area contributed by atoms with Crippen LogP contribution in [0.3, 0.4) is 0 Å². The highest BCUT2D eigenvalue weighted by atomic mass is 16.5. The molecule has 0 saturated heterocycles. The van der Waals surface area contributed by atoms with Crippen molar-refractivity contribution in [3.8, 4) is 5.75 Å². The molecule has 0 aliphatic carbocycles. The van der Waals surface area contributed by atoms with Gasteiger partial charge in [0.25, 0.3) is 5.91 Å². The molecule has 1 unspecified atom stereocenters. The van der Waals surface area contributed by atoms with Gasteiger partial charge in [0.1, 0.15) is 17.9 Å². The average Bonchev–Trinajstić information content (AvgIpc) is 3.04. The number of nitrogens with zero attached hydrogens (tertiary/aromatic N) is 1. The SMILES string of the molecule is C=CCOc1ccc(C2c3c(oc4c(C)cc(C)cc4c3=O)C(=O)N2CCCC)cc1. The number of amides is 1. The molecule has 5 heteroatoms. The van der Waals surface area contributed by atoms with Crippen molar-refractivity contribution < 1.29 is 13.9 Å². The lowest BCUT2D eigenvalue weighted by molar-refractivity contribution is 0.0725. The van der Waals surface area contributed by atoms with E-state index in [1.54, 1.807) is 11.0 Å². The van der Waals surface area contributed by atoms with Crippen LogP contribution in [-0.4, -0.2) is 24.0 Å². The number of benzene rings is 2. The van der Waals surface area contributed by atoms with Gasteiger partial charge in [-0.25, -0.2) is 0 Å². The van der Waals surface area contributed by atoms with Crippen molar-refractivity contribution in [3.63, 3.8) is 0 Å². The Hall–Kier alpha value is -3.34. The van der Waals surface area contributed by atoms with Gasteiger partial charge >= 0.3 is 0 Å². The van der Waals surface area contributed by atoms with Crippen LogP contribution in [0.5, 0.6) is 5.75 Å². The second-order valence-corrected chi connectivity index (χ2v) is 8.06. The number of fused-ring (bicyclic) bond motifs is 2. The van der Waals surface area contributed by atoms with Gasteiger partial charge in [0.2, 0.25) is 5.76 Å². The predicted molar refractivity (Wildman–Crippen MR) is 122 cm³/mol. The van der Waals surface area contributed by atoms with Crippen molar-refractivity contribution in [3.05, 3.63) is 87.3 Å². The van der Waals surface area contributed by atoms with E-state index in [0.717, 1.165) is 29.5 Å². The lowest BCUT2D eigenvalue weighted by Gasteiger charge is -2.25. The van der Waals surface area contributed by atoms with Crippen LogP contribution in [0.25, 0.3) is 11.0 Å². The lowest BCUT2D eigenvalue weighted by atomic mass is 9.97. The van der Waals surface area contributed by atoms with Gasteiger partial charge in [0, 0.05) is 6.54 Å². The van der Waals surface area contributed by atoms with Gasteiger partial charge in [0.05, 0.1) is 17.0 Å². The Morgan fingerprint density at radius 2 is 1.90 bits per heavy atom. The van der Waals surface area contributed by atoms with Gasteiger partial charge < -0.3 is 14.1 Å². The highest BCUT2D eigenvalue weighted by Crippen LogP contribution is 2.39. The minimum absolute atomic E-state index is 0.132. The van der Waals surface area contributed by atoms with Crippen molar-refractivity contribution in [1.29, 1.82) is 0 Å². The Morgan fingerprint density at radius 3 is 2.58 bits per heavy atom. The number of rotatable bonds is 7. The maximum absolute atomic E-state index is 13.6. The second-order valence-electron chi connectivity index (χ2n) is 8.06. The number of hydrogen-bond acceptors (Lipinski definition) is 4. The van der Waals surface area contributed by atoms with E-state index < -0.39 is 6.04 Å². The number of aryl methyl sites for hydroxylation is 2. The highest BCUT2D eigenvalue weighted by molar-refractivity contribution is 5.99. The first-order valence-corrected chi connectivity index (χ1v) is 10.7. The molecule has 1 aliphatic heterocycles.